The van der Waals surface area contributed by atoms with E-state index < -0.39 is 10.3 Å². The highest BCUT2D eigenvalue weighted by molar-refractivity contribution is 8.28. The van der Waals surface area contributed by atoms with E-state index in [0.717, 1.165) is 11.4 Å². The Kier molecular flexibility index (Phi) is 4.35. The Balaban J connectivity index is 2.07. The second-order valence-corrected chi connectivity index (χ2v) is 7.93. The van der Waals surface area contributed by atoms with E-state index in [1.807, 2.05) is 49.2 Å². The van der Waals surface area contributed by atoms with Crippen LogP contribution in [-0.2, 0) is 14.3 Å². The smallest absolute Gasteiger partial charge is 0.365 e. The van der Waals surface area contributed by atoms with Gasteiger partial charge in [0.1, 0.15) is 0 Å². The van der Waals surface area contributed by atoms with Gasteiger partial charge < -0.3 is 9.64 Å². The van der Waals surface area contributed by atoms with Crippen molar-refractivity contribution in [1.29, 1.82) is 0 Å². The molecule has 2 heterocycles. The van der Waals surface area contributed by atoms with E-state index in [1.54, 1.807) is 11.9 Å². The summed E-state index contributed by atoms with van der Waals surface area (Å²) in [5.41, 5.74) is 1.70. The summed E-state index contributed by atoms with van der Waals surface area (Å²) in [4.78, 5) is 26.7. The minimum atomic E-state index is -0.754. The van der Waals surface area contributed by atoms with Gasteiger partial charge in [-0.25, -0.2) is 9.80 Å². The molecule has 0 saturated carbocycles. The lowest BCUT2D eigenvalue weighted by atomic mass is 10.3. The van der Waals surface area contributed by atoms with Gasteiger partial charge in [0, 0.05) is 12.7 Å². The number of ether oxygens (including phenoxy) is 1. The summed E-state index contributed by atoms with van der Waals surface area (Å²) in [6.45, 7) is 3.45. The van der Waals surface area contributed by atoms with E-state index >= 15 is 0 Å². The molecular weight excluding hydrogens is 346 g/mol. The lowest BCUT2D eigenvalue weighted by Gasteiger charge is -2.39. The van der Waals surface area contributed by atoms with Crippen molar-refractivity contribution >= 4 is 46.0 Å². The van der Waals surface area contributed by atoms with Crippen LogP contribution in [0.4, 0.5) is 5.69 Å². The SMILES string of the molecule is COC(=O)C1=NN(c2ccccc2)[C@@]2(S1)SC(C(C)=O)=C(C)N2C. The van der Waals surface area contributed by atoms with Crippen molar-refractivity contribution in [3.05, 3.63) is 40.9 Å². The monoisotopic (exact) mass is 363 g/mol. The molecule has 6 nitrogen and oxygen atoms in total. The Morgan fingerprint density at radius 2 is 1.88 bits per heavy atom. The molecule has 0 N–H and O–H groups in total. The summed E-state index contributed by atoms with van der Waals surface area (Å²) >= 11 is 2.69. The zero-order valence-electron chi connectivity index (χ0n) is 13.8. The number of hydrogen-bond donors (Lipinski definition) is 0. The summed E-state index contributed by atoms with van der Waals surface area (Å²) < 4.78 is 4.08. The topological polar surface area (TPSA) is 62.2 Å². The van der Waals surface area contributed by atoms with Crippen molar-refractivity contribution in [1.82, 2.24) is 4.90 Å². The lowest BCUT2D eigenvalue weighted by molar-refractivity contribution is -0.132. The summed E-state index contributed by atoms with van der Waals surface area (Å²) in [7, 11) is 3.23. The van der Waals surface area contributed by atoms with Crippen molar-refractivity contribution in [2.24, 2.45) is 5.10 Å². The van der Waals surface area contributed by atoms with E-state index in [-0.39, 0.29) is 10.8 Å². The molecule has 0 unspecified atom stereocenters. The first-order chi connectivity index (χ1) is 11.4. The van der Waals surface area contributed by atoms with Gasteiger partial charge in [0.25, 0.3) is 0 Å². The number of thioether (sulfide) groups is 2. The van der Waals surface area contributed by atoms with Crippen LogP contribution in [0.15, 0.2) is 46.0 Å². The molecule has 8 heteroatoms. The molecule has 3 rings (SSSR count). The number of hydrogen-bond acceptors (Lipinski definition) is 8. The van der Waals surface area contributed by atoms with Crippen LogP contribution in [0.3, 0.4) is 0 Å². The highest BCUT2D eigenvalue weighted by Crippen LogP contribution is 2.58. The van der Waals surface area contributed by atoms with Crippen molar-refractivity contribution in [2.75, 3.05) is 19.2 Å². The van der Waals surface area contributed by atoms with Gasteiger partial charge in [0.2, 0.25) is 9.37 Å². The summed E-state index contributed by atoms with van der Waals surface area (Å²) in [6, 6.07) is 9.57. The van der Waals surface area contributed by atoms with Gasteiger partial charge >= 0.3 is 5.97 Å². The molecule has 0 radical (unpaired) electrons. The van der Waals surface area contributed by atoms with Crippen molar-refractivity contribution in [3.63, 3.8) is 0 Å². The van der Waals surface area contributed by atoms with Crippen molar-refractivity contribution < 1.29 is 14.3 Å². The molecule has 126 valence electrons. The first-order valence-corrected chi connectivity index (χ1v) is 8.90. The number of benzene rings is 1. The molecule has 24 heavy (non-hydrogen) atoms. The molecule has 1 spiro atoms. The number of allylic oxidation sites excluding steroid dienone is 2. The van der Waals surface area contributed by atoms with Crippen molar-refractivity contribution in [3.8, 4) is 0 Å². The van der Waals surface area contributed by atoms with Crippen LogP contribution in [0, 0.1) is 0 Å². The number of methoxy groups -OCH3 is 1. The Morgan fingerprint density at radius 3 is 2.42 bits per heavy atom. The fourth-order valence-corrected chi connectivity index (χ4v) is 5.45. The summed E-state index contributed by atoms with van der Waals surface area (Å²) in [5, 5.41) is 6.52. The minimum absolute atomic E-state index is 0.00125. The zero-order valence-corrected chi connectivity index (χ0v) is 15.4. The largest absolute Gasteiger partial charge is 0.464 e. The molecule has 0 bridgehead atoms. The number of ketones is 1. The molecule has 1 aromatic carbocycles. The van der Waals surface area contributed by atoms with Crippen LogP contribution < -0.4 is 5.01 Å². The molecule has 0 fully saturated rings. The van der Waals surface area contributed by atoms with E-state index in [4.69, 9.17) is 4.74 Å². The molecule has 1 aromatic rings. The van der Waals surface area contributed by atoms with Gasteiger partial charge in [-0.2, -0.15) is 5.10 Å². The molecular formula is C16H17N3O3S2. The average Bonchev–Trinajstić information content (AvgIpc) is 3.09. The van der Waals surface area contributed by atoms with Gasteiger partial charge in [0.15, 0.2) is 5.78 Å². The number of hydrazone groups is 1. The van der Waals surface area contributed by atoms with Crippen LogP contribution >= 0.6 is 23.5 Å². The highest BCUT2D eigenvalue weighted by atomic mass is 32.2. The maximum absolute atomic E-state index is 12.0. The molecule has 0 aromatic heterocycles. The quantitative estimate of drug-likeness (QED) is 0.765. The van der Waals surface area contributed by atoms with Crippen molar-refractivity contribution in [2.45, 2.75) is 18.2 Å². The maximum atomic E-state index is 12.0. The van der Waals surface area contributed by atoms with E-state index in [2.05, 4.69) is 5.10 Å². The van der Waals surface area contributed by atoms with E-state index in [1.165, 1.54) is 30.6 Å². The number of Topliss-reactive ketones (excluding diaryl/α,β-unsaturated/α-hetero) is 1. The van der Waals surface area contributed by atoms with Crippen LogP contribution in [0.2, 0.25) is 0 Å². The fraction of sp³-hybridized carbons (Fsp3) is 0.312. The second-order valence-electron chi connectivity index (χ2n) is 5.33. The fourth-order valence-electron chi connectivity index (χ4n) is 2.54. The van der Waals surface area contributed by atoms with Gasteiger partial charge in [-0.3, -0.25) is 4.79 Å². The molecule has 0 aliphatic carbocycles. The third-order valence-electron chi connectivity index (χ3n) is 3.86. The number of carbonyl (C=O) groups excluding carboxylic acids is 2. The predicted octanol–water partition coefficient (Wildman–Crippen LogP) is 2.84. The number of anilines is 1. The van der Waals surface area contributed by atoms with E-state index in [0.29, 0.717) is 4.91 Å². The molecule has 2 aliphatic heterocycles. The Labute approximate surface area is 148 Å². The highest BCUT2D eigenvalue weighted by Gasteiger charge is 2.55. The van der Waals surface area contributed by atoms with Gasteiger partial charge in [0.05, 0.1) is 17.7 Å². The Morgan fingerprint density at radius 1 is 1.21 bits per heavy atom. The normalized spacial score (nSPS) is 23.1. The number of para-hydroxylation sites is 1. The first kappa shape index (κ1) is 16.9. The summed E-state index contributed by atoms with van der Waals surface area (Å²) in [6.07, 6.45) is 0. The number of rotatable bonds is 3. The van der Waals surface area contributed by atoms with Crippen LogP contribution in [0.1, 0.15) is 13.8 Å². The minimum Gasteiger partial charge on any atom is -0.464 e. The number of nitrogens with zero attached hydrogens (tertiary/aromatic N) is 3. The van der Waals surface area contributed by atoms with E-state index in [9.17, 15) is 9.59 Å². The Hall–Kier alpha value is -1.93. The van der Waals surface area contributed by atoms with Gasteiger partial charge in [-0.05, 0) is 37.7 Å². The number of esters is 1. The predicted molar refractivity (Wildman–Crippen MR) is 97.4 cm³/mol. The zero-order chi connectivity index (χ0) is 17.5. The molecule has 2 aliphatic rings. The third-order valence-corrected chi connectivity index (χ3v) is 7.01. The standard InChI is InChI=1S/C16H17N3O3S2/c1-10-13(11(2)20)23-16(18(10)3)19(12-8-6-5-7-9-12)17-14(24-16)15(21)22-4/h5-9H,1-4H3/t16-/m1/s1. The second kappa shape index (κ2) is 6.18. The van der Waals surface area contributed by atoms with Crippen LogP contribution in [0.25, 0.3) is 0 Å². The lowest BCUT2D eigenvalue weighted by Crippen LogP contribution is -2.47. The van der Waals surface area contributed by atoms with Crippen LogP contribution in [-0.4, -0.2) is 40.2 Å². The van der Waals surface area contributed by atoms with Gasteiger partial charge in [-0.1, -0.05) is 30.0 Å². The maximum Gasteiger partial charge on any atom is 0.365 e. The first-order valence-electron chi connectivity index (χ1n) is 7.26. The molecule has 1 atom stereocenters. The third kappa shape index (κ3) is 2.50. The van der Waals surface area contributed by atoms with Gasteiger partial charge in [-0.15, -0.1) is 0 Å². The Bertz CT molecular complexity index is 763. The summed E-state index contributed by atoms with van der Waals surface area (Å²) in [5.74, 6) is -0.484. The average molecular weight is 363 g/mol. The van der Waals surface area contributed by atoms with Crippen LogP contribution in [0.5, 0.6) is 0 Å². The number of carbonyl (C=O) groups is 2. The molecule has 0 saturated heterocycles. The molecule has 0 amide bonds.